The van der Waals surface area contributed by atoms with E-state index in [1.807, 2.05) is 0 Å². The number of fused-ring (bicyclic) bond motifs is 1. The first-order valence-corrected chi connectivity index (χ1v) is 7.65. The molecule has 4 N–H and O–H groups in total. The summed E-state index contributed by atoms with van der Waals surface area (Å²) in [7, 11) is 1.36. The Bertz CT molecular complexity index is 1010. The van der Waals surface area contributed by atoms with E-state index in [4.69, 9.17) is 10.5 Å². The maximum Gasteiger partial charge on any atom is 0.417 e. The number of alkyl halides is 3. The average Bonchev–Trinajstić information content (AvgIpc) is 3.07. The molecule has 27 heavy (non-hydrogen) atoms. The fourth-order valence-corrected chi connectivity index (χ4v) is 2.41. The third-order valence-corrected chi connectivity index (χ3v) is 3.64. The van der Waals surface area contributed by atoms with E-state index in [1.165, 1.54) is 19.3 Å². The van der Waals surface area contributed by atoms with E-state index in [0.717, 1.165) is 12.1 Å². The standard InChI is InChI=1S/C17H14F3N5O2/c1-22-16(21)25-15(26)11-8-9-10(17(18,19)20)5-6-12(14(9)24-11)27-13-4-2-3-7-23-13/h2-8,24H,1H3,(H3,21,22,25,26). The third kappa shape index (κ3) is 3.84. The number of ether oxygens (including phenoxy) is 1. The number of nitrogens with zero attached hydrogens (tertiary/aromatic N) is 2. The van der Waals surface area contributed by atoms with Gasteiger partial charge in [-0.15, -0.1) is 0 Å². The zero-order valence-electron chi connectivity index (χ0n) is 14.0. The number of benzene rings is 1. The summed E-state index contributed by atoms with van der Waals surface area (Å²) < 4.78 is 45.6. The Morgan fingerprint density at radius 2 is 2.07 bits per heavy atom. The van der Waals surface area contributed by atoms with Gasteiger partial charge in [-0.3, -0.25) is 15.1 Å². The lowest BCUT2D eigenvalue weighted by Gasteiger charge is -2.11. The zero-order valence-corrected chi connectivity index (χ0v) is 14.0. The Balaban J connectivity index is 2.11. The summed E-state index contributed by atoms with van der Waals surface area (Å²) in [6.07, 6.45) is -3.13. The molecule has 0 aliphatic carbocycles. The molecule has 10 heteroatoms. The van der Waals surface area contributed by atoms with Crippen molar-refractivity contribution in [3.63, 3.8) is 0 Å². The minimum atomic E-state index is -4.61. The van der Waals surface area contributed by atoms with Gasteiger partial charge < -0.3 is 15.5 Å². The minimum Gasteiger partial charge on any atom is -0.437 e. The van der Waals surface area contributed by atoms with Gasteiger partial charge in [-0.1, -0.05) is 6.07 Å². The average molecular weight is 377 g/mol. The lowest BCUT2D eigenvalue weighted by atomic mass is 10.1. The molecule has 0 spiro atoms. The summed E-state index contributed by atoms with van der Waals surface area (Å²) in [4.78, 5) is 22.4. The number of aromatic amines is 1. The molecule has 3 aromatic rings. The summed E-state index contributed by atoms with van der Waals surface area (Å²) in [6, 6.07) is 8.04. The molecule has 7 nitrogen and oxygen atoms in total. The van der Waals surface area contributed by atoms with Crippen LogP contribution in [0.2, 0.25) is 0 Å². The topological polar surface area (TPSA) is 105 Å². The molecule has 2 aromatic heterocycles. The number of rotatable bonds is 3. The lowest BCUT2D eigenvalue weighted by molar-refractivity contribution is -0.136. The molecular formula is C17H14F3N5O2. The van der Waals surface area contributed by atoms with E-state index in [2.05, 4.69) is 20.3 Å². The second-order valence-corrected chi connectivity index (χ2v) is 5.41. The summed E-state index contributed by atoms with van der Waals surface area (Å²) in [5.41, 5.74) is 4.40. The predicted molar refractivity (Wildman–Crippen MR) is 92.6 cm³/mol. The van der Waals surface area contributed by atoms with Crippen molar-refractivity contribution in [1.29, 1.82) is 0 Å². The maximum absolute atomic E-state index is 13.3. The number of halogens is 3. The number of pyridine rings is 1. The monoisotopic (exact) mass is 377 g/mol. The Morgan fingerprint density at radius 3 is 2.70 bits per heavy atom. The molecule has 0 radical (unpaired) electrons. The van der Waals surface area contributed by atoms with Crippen LogP contribution in [0.4, 0.5) is 13.2 Å². The van der Waals surface area contributed by atoms with Crippen LogP contribution in [0.25, 0.3) is 10.9 Å². The number of carbonyl (C=O) groups excluding carboxylic acids is 1. The van der Waals surface area contributed by atoms with E-state index in [9.17, 15) is 18.0 Å². The van der Waals surface area contributed by atoms with Crippen LogP contribution in [0.1, 0.15) is 16.1 Å². The number of amides is 1. The fraction of sp³-hybridized carbons (Fsp3) is 0.118. The summed E-state index contributed by atoms with van der Waals surface area (Å²) in [6.45, 7) is 0. The molecule has 140 valence electrons. The Hall–Kier alpha value is -3.56. The number of guanidine groups is 1. The highest BCUT2D eigenvalue weighted by atomic mass is 19.4. The molecule has 0 aliphatic heterocycles. The van der Waals surface area contributed by atoms with Gasteiger partial charge >= 0.3 is 6.18 Å². The van der Waals surface area contributed by atoms with Crippen LogP contribution < -0.4 is 15.8 Å². The number of hydrogen-bond donors (Lipinski definition) is 3. The van der Waals surface area contributed by atoms with Gasteiger partial charge in [-0.2, -0.15) is 13.2 Å². The van der Waals surface area contributed by atoms with Crippen molar-refractivity contribution in [1.82, 2.24) is 15.3 Å². The molecule has 0 bridgehead atoms. The van der Waals surface area contributed by atoms with Crippen molar-refractivity contribution in [2.45, 2.75) is 6.18 Å². The van der Waals surface area contributed by atoms with Crippen LogP contribution in [0.15, 0.2) is 47.6 Å². The van der Waals surface area contributed by atoms with Crippen molar-refractivity contribution in [3.05, 3.63) is 53.9 Å². The van der Waals surface area contributed by atoms with Crippen molar-refractivity contribution < 1.29 is 22.7 Å². The van der Waals surface area contributed by atoms with Gasteiger partial charge in [-0.25, -0.2) is 4.98 Å². The van der Waals surface area contributed by atoms with Crippen LogP contribution in [-0.4, -0.2) is 28.9 Å². The van der Waals surface area contributed by atoms with Crippen LogP contribution >= 0.6 is 0 Å². The quantitative estimate of drug-likeness (QED) is 0.482. The number of nitrogens with one attached hydrogen (secondary N) is 2. The second kappa shape index (κ2) is 6.98. The van der Waals surface area contributed by atoms with E-state index in [1.54, 1.807) is 18.2 Å². The SMILES string of the molecule is CN=C(N)NC(=O)c1cc2c(C(F)(F)F)ccc(Oc3ccccn3)c2[nH]1. The van der Waals surface area contributed by atoms with E-state index < -0.39 is 17.6 Å². The molecule has 0 aliphatic rings. The van der Waals surface area contributed by atoms with Gasteiger partial charge in [0.25, 0.3) is 5.91 Å². The van der Waals surface area contributed by atoms with Crippen LogP contribution in [-0.2, 0) is 6.18 Å². The predicted octanol–water partition coefficient (Wildman–Crippen LogP) is 3.05. The largest absolute Gasteiger partial charge is 0.437 e. The van der Waals surface area contributed by atoms with Crippen LogP contribution in [0.5, 0.6) is 11.6 Å². The number of aliphatic imine (C=N–C) groups is 1. The van der Waals surface area contributed by atoms with Crippen molar-refractivity contribution >= 4 is 22.8 Å². The number of nitrogens with two attached hydrogens (primary N) is 1. The zero-order chi connectivity index (χ0) is 19.6. The minimum absolute atomic E-state index is 0.00707. The smallest absolute Gasteiger partial charge is 0.417 e. The maximum atomic E-state index is 13.3. The molecule has 1 aromatic carbocycles. The molecule has 0 saturated heterocycles. The number of H-pyrrole nitrogens is 1. The molecule has 0 saturated carbocycles. The van der Waals surface area contributed by atoms with Gasteiger partial charge in [0.1, 0.15) is 5.69 Å². The van der Waals surface area contributed by atoms with Gasteiger partial charge in [0.2, 0.25) is 5.88 Å². The lowest BCUT2D eigenvalue weighted by Crippen LogP contribution is -2.36. The van der Waals surface area contributed by atoms with Gasteiger partial charge in [-0.05, 0) is 24.3 Å². The second-order valence-electron chi connectivity index (χ2n) is 5.41. The van der Waals surface area contributed by atoms with Gasteiger partial charge in [0, 0.05) is 24.7 Å². The van der Waals surface area contributed by atoms with Crippen molar-refractivity contribution in [3.8, 4) is 11.6 Å². The third-order valence-electron chi connectivity index (χ3n) is 3.64. The Morgan fingerprint density at radius 1 is 1.30 bits per heavy atom. The number of hydrogen-bond acceptors (Lipinski definition) is 4. The highest BCUT2D eigenvalue weighted by Crippen LogP contribution is 2.39. The molecule has 0 unspecified atom stereocenters. The summed E-state index contributed by atoms with van der Waals surface area (Å²) in [5.74, 6) is -0.611. The fourth-order valence-electron chi connectivity index (χ4n) is 2.41. The molecule has 1 amide bonds. The first kappa shape index (κ1) is 18.2. The van der Waals surface area contributed by atoms with Crippen molar-refractivity contribution in [2.75, 3.05) is 7.05 Å². The highest BCUT2D eigenvalue weighted by Gasteiger charge is 2.34. The first-order chi connectivity index (χ1) is 12.8. The Labute approximate surface area is 151 Å². The van der Waals surface area contributed by atoms with E-state index >= 15 is 0 Å². The van der Waals surface area contributed by atoms with Crippen LogP contribution in [0, 0.1) is 0 Å². The Kier molecular flexibility index (Phi) is 4.72. The summed E-state index contributed by atoms with van der Waals surface area (Å²) in [5, 5.41) is 2.04. The first-order valence-electron chi connectivity index (χ1n) is 7.65. The molecule has 0 atom stereocenters. The number of aromatic nitrogens is 2. The van der Waals surface area contributed by atoms with E-state index in [0.29, 0.717) is 0 Å². The highest BCUT2D eigenvalue weighted by molar-refractivity contribution is 6.07. The van der Waals surface area contributed by atoms with E-state index in [-0.39, 0.29) is 34.2 Å². The number of carbonyl (C=O) groups is 1. The normalized spacial score (nSPS) is 12.2. The van der Waals surface area contributed by atoms with Gasteiger partial charge in [0.15, 0.2) is 11.7 Å². The molecular weight excluding hydrogens is 363 g/mol. The summed E-state index contributed by atoms with van der Waals surface area (Å²) >= 11 is 0. The van der Waals surface area contributed by atoms with Gasteiger partial charge in [0.05, 0.1) is 11.1 Å². The molecule has 3 rings (SSSR count). The molecule has 2 heterocycles. The molecule has 0 fully saturated rings. The van der Waals surface area contributed by atoms with Crippen molar-refractivity contribution in [2.24, 2.45) is 10.7 Å². The van der Waals surface area contributed by atoms with Crippen LogP contribution in [0.3, 0.4) is 0 Å².